The van der Waals surface area contributed by atoms with Crippen molar-refractivity contribution in [3.63, 3.8) is 0 Å². The predicted octanol–water partition coefficient (Wildman–Crippen LogP) is 4.42. The summed E-state index contributed by atoms with van der Waals surface area (Å²) in [7, 11) is -0.328. The minimum Gasteiger partial charge on any atom is -0.378 e. The Labute approximate surface area is 159 Å². The lowest BCUT2D eigenvalue weighted by molar-refractivity contribution is 0.425. The smallest absolute Gasteiger partial charge is 0.242 e. The molecule has 0 amide bonds. The zero-order chi connectivity index (χ0) is 18.5. The zero-order valence-corrected chi connectivity index (χ0v) is 16.3. The number of sulfonamides is 1. The number of nitrogens with one attached hydrogen (secondary N) is 1. The van der Waals surface area contributed by atoms with Crippen LogP contribution in [0.25, 0.3) is 0 Å². The van der Waals surface area contributed by atoms with E-state index >= 15 is 0 Å². The van der Waals surface area contributed by atoms with Gasteiger partial charge in [0.15, 0.2) is 0 Å². The van der Waals surface area contributed by atoms with Crippen molar-refractivity contribution in [2.75, 3.05) is 19.4 Å². The van der Waals surface area contributed by atoms with E-state index in [2.05, 4.69) is 29.6 Å². The third-order valence-corrected chi connectivity index (χ3v) is 7.41. The predicted molar refractivity (Wildman–Crippen MR) is 105 cm³/mol. The average molecular weight is 389 g/mol. The van der Waals surface area contributed by atoms with E-state index in [1.165, 1.54) is 9.87 Å². The molecule has 0 spiro atoms. The molecule has 6 heteroatoms. The summed E-state index contributed by atoms with van der Waals surface area (Å²) in [6.07, 6.45) is 5.37. The lowest BCUT2D eigenvalue weighted by atomic mass is 9.77. The van der Waals surface area contributed by atoms with Crippen LogP contribution < -0.4 is 5.32 Å². The Bertz CT molecular complexity index is 968. The Balaban J connectivity index is 1.77. The monoisotopic (exact) mass is 388 g/mol. The SMILES string of the molecule is CN(C)S(=O)(=O)c1ccc2c(c1)C1C=CCC1C(c1ccc(Cl)cc1)N2. The number of allylic oxidation sites excluding steroid dienone is 2. The minimum atomic E-state index is -3.44. The fourth-order valence-electron chi connectivity index (χ4n) is 3.94. The molecule has 4 rings (SSSR count). The molecule has 1 aliphatic carbocycles. The standard InChI is InChI=1S/C20H21ClN2O2S/c1-23(2)26(24,25)15-10-11-19-18(12-15)16-4-3-5-17(16)20(22-19)13-6-8-14(21)9-7-13/h3-4,6-12,16-17,20,22H,5H2,1-2H3. The van der Waals surface area contributed by atoms with E-state index < -0.39 is 10.0 Å². The number of halogens is 1. The Morgan fingerprint density at radius 2 is 1.85 bits per heavy atom. The number of rotatable bonds is 3. The third kappa shape index (κ3) is 2.84. The first-order valence-electron chi connectivity index (χ1n) is 8.63. The van der Waals surface area contributed by atoms with Gasteiger partial charge in [-0.3, -0.25) is 0 Å². The molecule has 2 aliphatic rings. The van der Waals surface area contributed by atoms with Crippen LogP contribution in [-0.4, -0.2) is 26.8 Å². The molecule has 4 nitrogen and oxygen atoms in total. The van der Waals surface area contributed by atoms with Crippen LogP contribution in [0.3, 0.4) is 0 Å². The maximum absolute atomic E-state index is 12.5. The van der Waals surface area contributed by atoms with E-state index in [4.69, 9.17) is 11.6 Å². The Hall–Kier alpha value is -1.82. The molecule has 0 saturated carbocycles. The summed E-state index contributed by atoms with van der Waals surface area (Å²) >= 11 is 6.03. The van der Waals surface area contributed by atoms with Gasteiger partial charge in [-0.2, -0.15) is 0 Å². The van der Waals surface area contributed by atoms with Gasteiger partial charge in [0.25, 0.3) is 0 Å². The first-order valence-corrected chi connectivity index (χ1v) is 10.4. The van der Waals surface area contributed by atoms with Crippen LogP contribution in [0, 0.1) is 5.92 Å². The molecule has 2 aromatic rings. The van der Waals surface area contributed by atoms with Crippen molar-refractivity contribution in [2.45, 2.75) is 23.3 Å². The molecule has 0 fully saturated rings. The first-order chi connectivity index (χ1) is 12.4. The Kier molecular flexibility index (Phi) is 4.34. The fourth-order valence-corrected chi connectivity index (χ4v) is 5.01. The van der Waals surface area contributed by atoms with E-state index in [-0.39, 0.29) is 12.0 Å². The second-order valence-electron chi connectivity index (χ2n) is 7.06. The summed E-state index contributed by atoms with van der Waals surface area (Å²) in [4.78, 5) is 0.340. The molecule has 2 aromatic carbocycles. The van der Waals surface area contributed by atoms with Crippen LogP contribution in [0.5, 0.6) is 0 Å². The molecule has 26 heavy (non-hydrogen) atoms. The van der Waals surface area contributed by atoms with Crippen molar-refractivity contribution >= 4 is 27.3 Å². The highest BCUT2D eigenvalue weighted by molar-refractivity contribution is 7.89. The number of fused-ring (bicyclic) bond motifs is 3. The van der Waals surface area contributed by atoms with Crippen LogP contribution in [0.2, 0.25) is 5.02 Å². The molecule has 1 heterocycles. The van der Waals surface area contributed by atoms with Gasteiger partial charge in [0, 0.05) is 30.7 Å². The van der Waals surface area contributed by atoms with Crippen LogP contribution in [-0.2, 0) is 10.0 Å². The number of hydrogen-bond acceptors (Lipinski definition) is 3. The fraction of sp³-hybridized carbons (Fsp3) is 0.300. The van der Waals surface area contributed by atoms with Gasteiger partial charge in [-0.1, -0.05) is 35.9 Å². The lowest BCUT2D eigenvalue weighted by Gasteiger charge is -2.37. The van der Waals surface area contributed by atoms with Gasteiger partial charge >= 0.3 is 0 Å². The number of anilines is 1. The highest BCUT2D eigenvalue weighted by Crippen LogP contribution is 2.50. The number of nitrogens with zero attached hydrogens (tertiary/aromatic N) is 1. The Morgan fingerprint density at radius 3 is 2.54 bits per heavy atom. The van der Waals surface area contributed by atoms with Crippen LogP contribution in [0.1, 0.15) is 29.5 Å². The molecule has 0 radical (unpaired) electrons. The molecule has 0 saturated heterocycles. The van der Waals surface area contributed by atoms with Crippen molar-refractivity contribution < 1.29 is 8.42 Å². The van der Waals surface area contributed by atoms with Gasteiger partial charge in [-0.05, 0) is 53.8 Å². The second-order valence-corrected chi connectivity index (χ2v) is 9.65. The third-order valence-electron chi connectivity index (χ3n) is 5.34. The van der Waals surface area contributed by atoms with Gasteiger partial charge in [0.05, 0.1) is 10.9 Å². The van der Waals surface area contributed by atoms with Crippen molar-refractivity contribution in [1.29, 1.82) is 0 Å². The normalized spacial score (nSPS) is 24.2. The molecule has 3 unspecified atom stereocenters. The van der Waals surface area contributed by atoms with Crippen molar-refractivity contribution in [3.8, 4) is 0 Å². The molecule has 1 aliphatic heterocycles. The summed E-state index contributed by atoms with van der Waals surface area (Å²) in [5, 5.41) is 4.35. The maximum Gasteiger partial charge on any atom is 0.242 e. The summed E-state index contributed by atoms with van der Waals surface area (Å²) in [5.41, 5.74) is 3.25. The molecular weight excluding hydrogens is 368 g/mol. The van der Waals surface area contributed by atoms with Gasteiger partial charge < -0.3 is 5.32 Å². The van der Waals surface area contributed by atoms with Gasteiger partial charge in [0.2, 0.25) is 10.0 Å². The molecule has 136 valence electrons. The summed E-state index contributed by atoms with van der Waals surface area (Å²) in [6.45, 7) is 0. The minimum absolute atomic E-state index is 0.177. The van der Waals surface area contributed by atoms with Gasteiger partial charge in [-0.25, -0.2) is 12.7 Å². The van der Waals surface area contributed by atoms with Crippen molar-refractivity contribution in [1.82, 2.24) is 4.31 Å². The Morgan fingerprint density at radius 1 is 1.12 bits per heavy atom. The average Bonchev–Trinajstić information content (AvgIpc) is 3.11. The zero-order valence-electron chi connectivity index (χ0n) is 14.7. The van der Waals surface area contributed by atoms with E-state index in [0.717, 1.165) is 22.7 Å². The molecule has 3 atom stereocenters. The summed E-state index contributed by atoms with van der Waals surface area (Å²) in [6, 6.07) is 13.5. The van der Waals surface area contributed by atoms with Gasteiger partial charge in [0.1, 0.15) is 0 Å². The van der Waals surface area contributed by atoms with E-state index in [1.54, 1.807) is 20.2 Å². The summed E-state index contributed by atoms with van der Waals surface area (Å²) < 4.78 is 26.3. The molecular formula is C20H21ClN2O2S. The van der Waals surface area contributed by atoms with Crippen molar-refractivity contribution in [3.05, 3.63) is 70.8 Å². The van der Waals surface area contributed by atoms with Crippen LogP contribution >= 0.6 is 11.6 Å². The molecule has 0 bridgehead atoms. The molecule has 1 N–H and O–H groups in total. The largest absolute Gasteiger partial charge is 0.378 e. The summed E-state index contributed by atoms with van der Waals surface area (Å²) in [5.74, 6) is 0.574. The van der Waals surface area contributed by atoms with Crippen LogP contribution in [0.15, 0.2) is 59.5 Å². The highest BCUT2D eigenvalue weighted by Gasteiger charge is 2.38. The van der Waals surface area contributed by atoms with Crippen LogP contribution in [0.4, 0.5) is 5.69 Å². The first kappa shape index (κ1) is 17.6. The van der Waals surface area contributed by atoms with Gasteiger partial charge in [-0.15, -0.1) is 0 Å². The van der Waals surface area contributed by atoms with E-state index in [0.29, 0.717) is 10.8 Å². The topological polar surface area (TPSA) is 49.4 Å². The number of hydrogen-bond donors (Lipinski definition) is 1. The van der Waals surface area contributed by atoms with E-state index in [1.807, 2.05) is 24.3 Å². The maximum atomic E-state index is 12.5. The number of benzene rings is 2. The molecule has 0 aromatic heterocycles. The second kappa shape index (κ2) is 6.41. The highest BCUT2D eigenvalue weighted by atomic mass is 35.5. The van der Waals surface area contributed by atoms with Crippen molar-refractivity contribution in [2.24, 2.45) is 5.92 Å². The lowest BCUT2D eigenvalue weighted by Crippen LogP contribution is -2.29. The quantitative estimate of drug-likeness (QED) is 0.792. The van der Waals surface area contributed by atoms with E-state index in [9.17, 15) is 8.42 Å².